The Morgan fingerprint density at radius 1 is 1.58 bits per heavy atom. The van der Waals surface area contributed by atoms with Gasteiger partial charge in [0.25, 0.3) is 0 Å². The Balaban J connectivity index is 2.24. The molecule has 0 fully saturated rings. The molecule has 0 aliphatic rings. The zero-order chi connectivity index (χ0) is 8.97. The third kappa shape index (κ3) is 3.81. The first-order valence-corrected chi connectivity index (χ1v) is 5.98. The second-order valence-electron chi connectivity index (χ2n) is 2.71. The molecular weight excluding hydrogens is 210 g/mol. The molecule has 68 valence electrons. The van der Waals surface area contributed by atoms with E-state index < -0.39 is 0 Å². The van der Waals surface area contributed by atoms with Crippen molar-refractivity contribution >= 4 is 34.7 Å². The van der Waals surface area contributed by atoms with E-state index in [2.05, 4.69) is 25.2 Å². The lowest BCUT2D eigenvalue weighted by Gasteiger charge is -2.05. The van der Waals surface area contributed by atoms with Crippen molar-refractivity contribution in [1.29, 1.82) is 0 Å². The molecule has 12 heavy (non-hydrogen) atoms. The van der Waals surface area contributed by atoms with Crippen molar-refractivity contribution in [2.45, 2.75) is 24.1 Å². The average Bonchev–Trinajstić information content (AvgIpc) is 2.35. The molecule has 0 saturated carbocycles. The zero-order valence-corrected chi connectivity index (χ0v) is 9.52. The smallest absolute Gasteiger partial charge is 0.0940 e. The molecule has 0 unspecified atom stereocenters. The van der Waals surface area contributed by atoms with Gasteiger partial charge in [0.1, 0.15) is 0 Å². The van der Waals surface area contributed by atoms with Crippen LogP contribution in [0.1, 0.15) is 13.8 Å². The summed E-state index contributed by atoms with van der Waals surface area (Å²) in [6, 6.07) is 4.54. The van der Waals surface area contributed by atoms with Gasteiger partial charge in [-0.25, -0.2) is 0 Å². The highest BCUT2D eigenvalue weighted by Crippen LogP contribution is 2.29. The van der Waals surface area contributed by atoms with E-state index in [1.165, 1.54) is 4.21 Å². The maximum absolute atomic E-state index is 5.79. The highest BCUT2D eigenvalue weighted by molar-refractivity contribution is 8.01. The molecule has 1 N–H and O–H groups in total. The van der Waals surface area contributed by atoms with Crippen molar-refractivity contribution in [2.75, 3.05) is 5.88 Å². The number of thioether (sulfide) groups is 1. The summed E-state index contributed by atoms with van der Waals surface area (Å²) < 4.78 is 2.13. The highest BCUT2D eigenvalue weighted by atomic mass is 35.5. The minimum atomic E-state index is 0.549. The van der Waals surface area contributed by atoms with Crippen LogP contribution in [-0.2, 0) is 0 Å². The van der Waals surface area contributed by atoms with E-state index in [9.17, 15) is 0 Å². The fourth-order valence-electron chi connectivity index (χ4n) is 0.655. The van der Waals surface area contributed by atoms with Crippen molar-refractivity contribution in [2.24, 2.45) is 0 Å². The monoisotopic (exact) mass is 221 g/mol. The maximum Gasteiger partial charge on any atom is 0.0940 e. The minimum Gasteiger partial charge on any atom is -0.305 e. The highest BCUT2D eigenvalue weighted by Gasteiger charge is 1.98. The van der Waals surface area contributed by atoms with E-state index in [4.69, 9.17) is 11.6 Å². The van der Waals surface area contributed by atoms with Gasteiger partial charge < -0.3 is 5.32 Å². The second kappa shape index (κ2) is 5.12. The van der Waals surface area contributed by atoms with Crippen LogP contribution in [0.4, 0.5) is 0 Å². The molecule has 1 rings (SSSR count). The van der Waals surface area contributed by atoms with Gasteiger partial charge in [0.2, 0.25) is 0 Å². The Labute approximate surface area is 86.5 Å². The molecule has 0 aromatic carbocycles. The van der Waals surface area contributed by atoms with Crippen LogP contribution in [0, 0.1) is 0 Å². The van der Waals surface area contributed by atoms with Crippen LogP contribution in [0.3, 0.4) is 0 Å². The Morgan fingerprint density at radius 3 is 2.83 bits per heavy atom. The predicted octanol–water partition coefficient (Wildman–Crippen LogP) is 3.45. The summed E-state index contributed by atoms with van der Waals surface area (Å²) >= 11 is 9.21. The van der Waals surface area contributed by atoms with E-state index in [1.54, 1.807) is 23.1 Å². The lowest BCUT2D eigenvalue weighted by Crippen LogP contribution is -2.21. The minimum absolute atomic E-state index is 0.549. The molecule has 1 aromatic heterocycles. The van der Waals surface area contributed by atoms with E-state index in [-0.39, 0.29) is 0 Å². The molecule has 0 spiro atoms. The third-order valence-corrected chi connectivity index (χ3v) is 3.62. The van der Waals surface area contributed by atoms with Gasteiger partial charge in [-0.05, 0) is 12.1 Å². The van der Waals surface area contributed by atoms with Crippen LogP contribution in [0.25, 0.3) is 0 Å². The molecule has 0 radical (unpaired) electrons. The second-order valence-corrected chi connectivity index (χ2v) is 5.70. The molecule has 0 aliphatic carbocycles. The van der Waals surface area contributed by atoms with Gasteiger partial charge in [0.05, 0.1) is 8.55 Å². The Hall–Kier alpha value is 0.300. The number of halogens is 1. The van der Waals surface area contributed by atoms with Crippen LogP contribution < -0.4 is 5.32 Å². The van der Waals surface area contributed by atoms with Crippen molar-refractivity contribution in [3.63, 3.8) is 0 Å². The fraction of sp³-hybridized carbons (Fsp3) is 0.500. The Bertz CT molecular complexity index is 235. The summed E-state index contributed by atoms with van der Waals surface area (Å²) in [5, 5.41) is 3.33. The van der Waals surface area contributed by atoms with Crippen molar-refractivity contribution in [1.82, 2.24) is 5.32 Å². The van der Waals surface area contributed by atoms with E-state index >= 15 is 0 Å². The lowest BCUT2D eigenvalue weighted by molar-refractivity contribution is 0.655. The maximum atomic E-state index is 5.79. The molecule has 1 heterocycles. The first kappa shape index (κ1) is 10.4. The fourth-order valence-corrected chi connectivity index (χ4v) is 2.97. The summed E-state index contributed by atoms with van der Waals surface area (Å²) in [5.74, 6) is 0.953. The van der Waals surface area contributed by atoms with Crippen molar-refractivity contribution in [3.8, 4) is 0 Å². The van der Waals surface area contributed by atoms with Gasteiger partial charge in [-0.2, -0.15) is 0 Å². The first-order chi connectivity index (χ1) is 5.68. The van der Waals surface area contributed by atoms with Crippen molar-refractivity contribution in [3.05, 3.63) is 16.5 Å². The lowest BCUT2D eigenvalue weighted by atomic mass is 10.4. The summed E-state index contributed by atoms with van der Waals surface area (Å²) in [7, 11) is 0. The summed E-state index contributed by atoms with van der Waals surface area (Å²) in [6.45, 7) is 4.28. The number of nitrogens with one attached hydrogen (secondary N) is 1. The van der Waals surface area contributed by atoms with Crippen molar-refractivity contribution < 1.29 is 0 Å². The van der Waals surface area contributed by atoms with Gasteiger partial charge >= 0.3 is 0 Å². The van der Waals surface area contributed by atoms with Gasteiger partial charge in [0, 0.05) is 11.9 Å². The molecular formula is C8H12ClNS2. The molecule has 0 aliphatic heterocycles. The zero-order valence-electron chi connectivity index (χ0n) is 7.13. The van der Waals surface area contributed by atoms with Gasteiger partial charge in [0.15, 0.2) is 0 Å². The Kier molecular flexibility index (Phi) is 4.43. The summed E-state index contributed by atoms with van der Waals surface area (Å²) in [5.41, 5.74) is 0. The SMILES string of the molecule is CC(C)NCSc1ccc(Cl)s1. The van der Waals surface area contributed by atoms with Crippen LogP contribution in [0.2, 0.25) is 4.34 Å². The molecule has 0 amide bonds. The molecule has 0 saturated heterocycles. The van der Waals surface area contributed by atoms with E-state index in [0.717, 1.165) is 10.2 Å². The predicted molar refractivity (Wildman–Crippen MR) is 58.3 cm³/mol. The van der Waals surface area contributed by atoms with Gasteiger partial charge in [-0.15, -0.1) is 11.3 Å². The molecule has 1 nitrogen and oxygen atoms in total. The van der Waals surface area contributed by atoms with Crippen LogP contribution in [-0.4, -0.2) is 11.9 Å². The largest absolute Gasteiger partial charge is 0.305 e. The number of hydrogen-bond donors (Lipinski definition) is 1. The molecule has 0 bridgehead atoms. The van der Waals surface area contributed by atoms with Gasteiger partial charge in [-0.3, -0.25) is 0 Å². The van der Waals surface area contributed by atoms with Crippen LogP contribution >= 0.6 is 34.7 Å². The summed E-state index contributed by atoms with van der Waals surface area (Å²) in [6.07, 6.45) is 0. The van der Waals surface area contributed by atoms with E-state index in [1.807, 2.05) is 6.07 Å². The molecule has 4 heteroatoms. The molecule has 1 aromatic rings. The summed E-state index contributed by atoms with van der Waals surface area (Å²) in [4.78, 5) is 0. The number of thiophene rings is 1. The van der Waals surface area contributed by atoms with E-state index in [0.29, 0.717) is 6.04 Å². The van der Waals surface area contributed by atoms with Crippen LogP contribution in [0.5, 0.6) is 0 Å². The first-order valence-electron chi connectivity index (χ1n) is 3.80. The number of hydrogen-bond acceptors (Lipinski definition) is 3. The quantitative estimate of drug-likeness (QED) is 0.618. The number of rotatable bonds is 4. The standard InChI is InChI=1S/C8H12ClNS2/c1-6(2)10-5-11-8-4-3-7(9)12-8/h3-4,6,10H,5H2,1-2H3. The van der Waals surface area contributed by atoms with Gasteiger partial charge in [-0.1, -0.05) is 37.2 Å². The topological polar surface area (TPSA) is 12.0 Å². The molecule has 0 atom stereocenters. The normalized spacial score (nSPS) is 11.0. The Morgan fingerprint density at radius 2 is 2.33 bits per heavy atom. The average molecular weight is 222 g/mol. The van der Waals surface area contributed by atoms with Crippen LogP contribution in [0.15, 0.2) is 16.3 Å². The third-order valence-electron chi connectivity index (χ3n) is 1.25.